The van der Waals surface area contributed by atoms with E-state index in [1.165, 1.54) is 199 Å². The third-order valence-corrected chi connectivity index (χ3v) is 19.5. The number of hydrogen-bond acceptors (Lipinski definition) is 15. The third kappa shape index (κ3) is 67.0. The minimum Gasteiger partial charge on any atom is -0.462 e. The van der Waals surface area contributed by atoms with Crippen molar-refractivity contribution in [2.75, 3.05) is 39.6 Å². The maximum Gasteiger partial charge on any atom is 0.472 e. The van der Waals surface area contributed by atoms with E-state index in [1.807, 2.05) is 0 Å². The average Bonchev–Trinajstić information content (AvgIpc) is 2.53. The molecule has 17 nitrogen and oxygen atoms in total. The molecule has 552 valence electrons. The molecule has 0 fully saturated rings. The van der Waals surface area contributed by atoms with Crippen LogP contribution in [-0.4, -0.2) is 96.7 Å². The van der Waals surface area contributed by atoms with Crippen LogP contribution in [0.5, 0.6) is 0 Å². The second kappa shape index (κ2) is 66.0. The van der Waals surface area contributed by atoms with Crippen molar-refractivity contribution in [2.24, 2.45) is 11.8 Å². The summed E-state index contributed by atoms with van der Waals surface area (Å²) in [5.74, 6) is -0.553. The molecule has 0 bridgehead atoms. The predicted molar refractivity (Wildman–Crippen MR) is 377 cm³/mol. The van der Waals surface area contributed by atoms with Gasteiger partial charge in [0.25, 0.3) is 0 Å². The van der Waals surface area contributed by atoms with Crippen molar-refractivity contribution in [1.82, 2.24) is 0 Å². The Balaban J connectivity index is 5.25. The molecular formula is C74H144O17P2. The maximum atomic E-state index is 13.1. The Hall–Kier alpha value is -1.94. The molecule has 0 heterocycles. The second-order valence-electron chi connectivity index (χ2n) is 27.4. The molecule has 0 aromatic rings. The topological polar surface area (TPSA) is 237 Å². The van der Waals surface area contributed by atoms with E-state index in [9.17, 15) is 43.2 Å². The molecule has 0 radical (unpaired) electrons. The van der Waals surface area contributed by atoms with E-state index in [0.29, 0.717) is 25.7 Å². The van der Waals surface area contributed by atoms with Gasteiger partial charge in [0, 0.05) is 25.7 Å². The molecule has 93 heavy (non-hydrogen) atoms. The number of rotatable bonds is 73. The van der Waals surface area contributed by atoms with Gasteiger partial charge in [-0.1, -0.05) is 330 Å². The zero-order chi connectivity index (χ0) is 68.6. The summed E-state index contributed by atoms with van der Waals surface area (Å²) in [6.07, 6.45) is 52.5. The molecule has 0 aliphatic carbocycles. The molecule has 0 aromatic heterocycles. The van der Waals surface area contributed by atoms with Crippen molar-refractivity contribution in [3.63, 3.8) is 0 Å². The molecule has 0 saturated heterocycles. The molecule has 19 heteroatoms. The number of aliphatic hydroxyl groups excluding tert-OH is 1. The molecule has 0 aromatic carbocycles. The molecule has 3 unspecified atom stereocenters. The van der Waals surface area contributed by atoms with Crippen molar-refractivity contribution in [3.8, 4) is 0 Å². The highest BCUT2D eigenvalue weighted by molar-refractivity contribution is 7.47. The van der Waals surface area contributed by atoms with Crippen LogP contribution >= 0.6 is 15.6 Å². The first-order chi connectivity index (χ1) is 44.9. The monoisotopic (exact) mass is 1370 g/mol. The van der Waals surface area contributed by atoms with E-state index >= 15 is 0 Å². The first kappa shape index (κ1) is 91.1. The lowest BCUT2D eigenvalue weighted by atomic mass is 9.99. The Bertz CT molecular complexity index is 1810. The summed E-state index contributed by atoms with van der Waals surface area (Å²) in [5, 5.41) is 10.6. The molecule has 0 amide bonds. The summed E-state index contributed by atoms with van der Waals surface area (Å²) in [5.41, 5.74) is 0. The van der Waals surface area contributed by atoms with Crippen molar-refractivity contribution >= 4 is 39.5 Å². The Labute approximate surface area is 568 Å². The zero-order valence-corrected chi connectivity index (χ0v) is 62.3. The molecule has 0 aliphatic rings. The van der Waals surface area contributed by atoms with E-state index in [2.05, 4.69) is 41.5 Å². The molecule has 6 atom stereocenters. The minimum absolute atomic E-state index is 0.105. The van der Waals surface area contributed by atoms with Gasteiger partial charge in [-0.25, -0.2) is 9.13 Å². The van der Waals surface area contributed by atoms with Crippen molar-refractivity contribution in [3.05, 3.63) is 0 Å². The summed E-state index contributed by atoms with van der Waals surface area (Å²) in [4.78, 5) is 72.7. The van der Waals surface area contributed by atoms with E-state index < -0.39 is 97.5 Å². The smallest absolute Gasteiger partial charge is 0.462 e. The van der Waals surface area contributed by atoms with Gasteiger partial charge in [0.15, 0.2) is 12.2 Å². The average molecular weight is 1370 g/mol. The van der Waals surface area contributed by atoms with Gasteiger partial charge in [0.05, 0.1) is 26.4 Å². The highest BCUT2D eigenvalue weighted by atomic mass is 31.2. The fourth-order valence-corrected chi connectivity index (χ4v) is 12.8. The predicted octanol–water partition coefficient (Wildman–Crippen LogP) is 21.6. The van der Waals surface area contributed by atoms with Crippen LogP contribution in [0.15, 0.2) is 0 Å². The lowest BCUT2D eigenvalue weighted by molar-refractivity contribution is -0.161. The minimum atomic E-state index is -4.96. The fraction of sp³-hybridized carbons (Fsp3) is 0.946. The Morgan fingerprint density at radius 2 is 0.548 bits per heavy atom. The normalized spacial score (nSPS) is 14.3. The van der Waals surface area contributed by atoms with Crippen LogP contribution in [0.4, 0.5) is 0 Å². The standard InChI is InChI=1S/C74H144O17P2/c1-7-10-12-14-16-18-20-21-25-28-32-39-45-51-57-72(77)85-62-69(90-73(78)58-52-46-40-33-29-26-23-22-24-27-30-36-42-48-54-66(4)5)64-88-92(80,81)86-60-68(75)61-87-93(82,83)89-65-70(63-84-71(76)56-50-44-38-31-19-17-15-13-11-8-2)91-74(79)59-53-47-41-35-34-37-43-49-55-67(6)9-3/h66-70,75H,7-65H2,1-6H3,(H,80,81)(H,82,83)/t67?,68-,69-,70-/m1/s1. The number of carbonyl (C=O) groups is 4. The van der Waals surface area contributed by atoms with Gasteiger partial charge in [-0.05, 0) is 37.5 Å². The van der Waals surface area contributed by atoms with Gasteiger partial charge in [-0.3, -0.25) is 37.3 Å². The number of phosphoric acid groups is 2. The fourth-order valence-electron chi connectivity index (χ4n) is 11.3. The number of carbonyl (C=O) groups excluding carboxylic acids is 4. The Morgan fingerprint density at radius 1 is 0.312 bits per heavy atom. The van der Waals surface area contributed by atoms with Crippen LogP contribution in [0.1, 0.15) is 382 Å². The van der Waals surface area contributed by atoms with Crippen molar-refractivity contribution in [1.29, 1.82) is 0 Å². The number of phosphoric ester groups is 2. The summed E-state index contributed by atoms with van der Waals surface area (Å²) in [7, 11) is -9.91. The van der Waals surface area contributed by atoms with Crippen molar-refractivity contribution < 1.29 is 80.2 Å². The molecule has 0 saturated carbocycles. The second-order valence-corrected chi connectivity index (χ2v) is 30.3. The van der Waals surface area contributed by atoms with Crippen LogP contribution in [0.25, 0.3) is 0 Å². The number of hydrogen-bond donors (Lipinski definition) is 3. The van der Waals surface area contributed by atoms with Gasteiger partial charge >= 0.3 is 39.5 Å². The van der Waals surface area contributed by atoms with Crippen molar-refractivity contribution in [2.45, 2.75) is 400 Å². The van der Waals surface area contributed by atoms with E-state index in [-0.39, 0.29) is 25.7 Å². The van der Waals surface area contributed by atoms with Gasteiger partial charge < -0.3 is 33.8 Å². The molecular weight excluding hydrogens is 1220 g/mol. The third-order valence-electron chi connectivity index (χ3n) is 17.6. The van der Waals surface area contributed by atoms with Gasteiger partial charge in [-0.2, -0.15) is 0 Å². The summed E-state index contributed by atoms with van der Waals surface area (Å²) in [6, 6.07) is 0. The highest BCUT2D eigenvalue weighted by Crippen LogP contribution is 2.45. The van der Waals surface area contributed by atoms with Gasteiger partial charge in [0.2, 0.25) is 0 Å². The number of unbranched alkanes of at least 4 members (excludes halogenated alkanes) is 42. The largest absolute Gasteiger partial charge is 0.472 e. The van der Waals surface area contributed by atoms with Gasteiger partial charge in [-0.15, -0.1) is 0 Å². The van der Waals surface area contributed by atoms with Crippen LogP contribution in [-0.2, 0) is 65.4 Å². The van der Waals surface area contributed by atoms with E-state index in [0.717, 1.165) is 102 Å². The highest BCUT2D eigenvalue weighted by Gasteiger charge is 2.30. The number of ether oxygens (including phenoxy) is 4. The summed E-state index contributed by atoms with van der Waals surface area (Å²) >= 11 is 0. The molecule has 0 rings (SSSR count). The maximum absolute atomic E-state index is 13.1. The lowest BCUT2D eigenvalue weighted by Crippen LogP contribution is -2.30. The quantitative estimate of drug-likeness (QED) is 0.0222. The van der Waals surface area contributed by atoms with E-state index in [1.54, 1.807) is 0 Å². The first-order valence-corrected chi connectivity index (χ1v) is 41.5. The van der Waals surface area contributed by atoms with E-state index in [4.69, 9.17) is 37.0 Å². The van der Waals surface area contributed by atoms with Gasteiger partial charge in [0.1, 0.15) is 19.3 Å². The van der Waals surface area contributed by atoms with Crippen LogP contribution in [0.3, 0.4) is 0 Å². The van der Waals surface area contributed by atoms with Crippen LogP contribution in [0.2, 0.25) is 0 Å². The number of esters is 4. The first-order valence-electron chi connectivity index (χ1n) is 38.5. The molecule has 0 spiro atoms. The summed E-state index contributed by atoms with van der Waals surface area (Å²) < 4.78 is 68.4. The molecule has 0 aliphatic heterocycles. The zero-order valence-electron chi connectivity index (χ0n) is 60.6. The lowest BCUT2D eigenvalue weighted by Gasteiger charge is -2.21. The summed E-state index contributed by atoms with van der Waals surface area (Å²) in [6.45, 7) is 9.60. The Morgan fingerprint density at radius 3 is 0.817 bits per heavy atom. The van der Waals surface area contributed by atoms with Crippen LogP contribution < -0.4 is 0 Å². The number of aliphatic hydroxyl groups is 1. The van der Waals surface area contributed by atoms with Crippen LogP contribution in [0, 0.1) is 11.8 Å². The Kier molecular flexibility index (Phi) is 64.6. The molecule has 3 N–H and O–H groups in total. The SMILES string of the molecule is CCCCCCCCCCCCCCCCC(=O)OC[C@H](COP(=O)(O)OC[C@@H](O)COP(=O)(O)OC[C@@H](COC(=O)CCCCCCCCCCCC)OC(=O)CCCCCCCCCCC(C)CC)OC(=O)CCCCCCCCCCCCCCCCC(C)C.